The second-order valence-corrected chi connectivity index (χ2v) is 6.12. The summed E-state index contributed by atoms with van der Waals surface area (Å²) in [6, 6.07) is 13.8. The third kappa shape index (κ3) is 4.12. The minimum atomic E-state index is 0.0635. The molecule has 1 aliphatic heterocycles. The number of hydrogen-bond donors (Lipinski definition) is 0. The van der Waals surface area contributed by atoms with Crippen molar-refractivity contribution in [3.8, 4) is 17.2 Å². The number of methoxy groups -OCH3 is 2. The van der Waals surface area contributed by atoms with Crippen LogP contribution in [0.5, 0.6) is 17.2 Å². The molecule has 5 heteroatoms. The molecule has 0 amide bonds. The van der Waals surface area contributed by atoms with E-state index >= 15 is 0 Å². The van der Waals surface area contributed by atoms with Crippen molar-refractivity contribution in [1.82, 2.24) is 4.90 Å². The van der Waals surface area contributed by atoms with Crippen LogP contribution in [0.15, 0.2) is 42.5 Å². The molecule has 2 aromatic rings. The zero-order valence-electron chi connectivity index (χ0n) is 14.6. The Hall–Kier alpha value is -2.53. The maximum Gasteiger partial charge on any atom is 0.203 e. The fraction of sp³-hybridized carbons (Fsp3) is 0.350. The van der Waals surface area contributed by atoms with Crippen molar-refractivity contribution < 1.29 is 19.0 Å². The van der Waals surface area contributed by atoms with Crippen LogP contribution >= 0.6 is 0 Å². The molecule has 132 valence electrons. The highest BCUT2D eigenvalue weighted by Crippen LogP contribution is 2.39. The lowest BCUT2D eigenvalue weighted by atomic mass is 10.2. The van der Waals surface area contributed by atoms with Gasteiger partial charge in [0, 0.05) is 25.2 Å². The second kappa shape index (κ2) is 8.03. The zero-order valence-corrected chi connectivity index (χ0v) is 14.6. The van der Waals surface area contributed by atoms with E-state index in [0.717, 1.165) is 32.3 Å². The van der Waals surface area contributed by atoms with Crippen LogP contribution in [0, 0.1) is 0 Å². The quantitative estimate of drug-likeness (QED) is 0.724. The van der Waals surface area contributed by atoms with Crippen molar-refractivity contribution in [2.24, 2.45) is 0 Å². The number of benzene rings is 2. The SMILES string of the molecule is COc1cc(C=O)cc(OC)c1O[C@@H]1CCN(Cc2ccccc2)C1. The lowest BCUT2D eigenvalue weighted by Crippen LogP contribution is -2.24. The van der Waals surface area contributed by atoms with Crippen molar-refractivity contribution >= 4 is 6.29 Å². The minimum Gasteiger partial charge on any atom is -0.493 e. The van der Waals surface area contributed by atoms with Gasteiger partial charge in [-0.2, -0.15) is 0 Å². The highest BCUT2D eigenvalue weighted by Gasteiger charge is 2.26. The van der Waals surface area contributed by atoms with Gasteiger partial charge in [-0.3, -0.25) is 9.69 Å². The van der Waals surface area contributed by atoms with Gasteiger partial charge in [-0.1, -0.05) is 30.3 Å². The average molecular weight is 341 g/mol. The van der Waals surface area contributed by atoms with E-state index in [-0.39, 0.29) is 6.10 Å². The molecule has 2 aromatic carbocycles. The van der Waals surface area contributed by atoms with Gasteiger partial charge in [0.1, 0.15) is 12.4 Å². The maximum absolute atomic E-state index is 11.1. The first-order valence-electron chi connectivity index (χ1n) is 8.37. The Morgan fingerprint density at radius 1 is 1.12 bits per heavy atom. The van der Waals surface area contributed by atoms with Crippen LogP contribution in [0.4, 0.5) is 0 Å². The topological polar surface area (TPSA) is 48.0 Å². The number of carbonyl (C=O) groups excluding carboxylic acids is 1. The van der Waals surface area contributed by atoms with Gasteiger partial charge >= 0.3 is 0 Å². The van der Waals surface area contributed by atoms with Gasteiger partial charge in [-0.15, -0.1) is 0 Å². The number of aldehydes is 1. The van der Waals surface area contributed by atoms with Gasteiger partial charge in [-0.25, -0.2) is 0 Å². The third-order valence-electron chi connectivity index (χ3n) is 4.38. The molecule has 3 rings (SSSR count). The van der Waals surface area contributed by atoms with Crippen molar-refractivity contribution in [3.05, 3.63) is 53.6 Å². The summed E-state index contributed by atoms with van der Waals surface area (Å²) in [5, 5.41) is 0. The van der Waals surface area contributed by atoms with Crippen molar-refractivity contribution in [2.45, 2.75) is 19.1 Å². The predicted octanol–water partition coefficient (Wildman–Crippen LogP) is 3.17. The van der Waals surface area contributed by atoms with Crippen LogP contribution in [0.3, 0.4) is 0 Å². The molecule has 0 aromatic heterocycles. The summed E-state index contributed by atoms with van der Waals surface area (Å²) in [6.45, 7) is 2.74. The van der Waals surface area contributed by atoms with Crippen LogP contribution in [-0.4, -0.2) is 44.6 Å². The van der Waals surface area contributed by atoms with E-state index in [9.17, 15) is 4.79 Å². The molecular weight excluding hydrogens is 318 g/mol. The first-order chi connectivity index (χ1) is 12.2. The van der Waals surface area contributed by atoms with E-state index in [4.69, 9.17) is 14.2 Å². The highest BCUT2D eigenvalue weighted by molar-refractivity contribution is 5.78. The summed E-state index contributed by atoms with van der Waals surface area (Å²) in [4.78, 5) is 13.4. The summed E-state index contributed by atoms with van der Waals surface area (Å²) >= 11 is 0. The number of rotatable bonds is 7. The fourth-order valence-corrected chi connectivity index (χ4v) is 3.13. The molecule has 1 fully saturated rings. The molecule has 0 unspecified atom stereocenters. The third-order valence-corrected chi connectivity index (χ3v) is 4.38. The smallest absolute Gasteiger partial charge is 0.203 e. The van der Waals surface area contributed by atoms with Crippen LogP contribution in [0.2, 0.25) is 0 Å². The van der Waals surface area contributed by atoms with E-state index < -0.39 is 0 Å². The van der Waals surface area contributed by atoms with Gasteiger partial charge in [0.25, 0.3) is 0 Å². The van der Waals surface area contributed by atoms with E-state index in [1.807, 2.05) is 6.07 Å². The number of ether oxygens (including phenoxy) is 3. The van der Waals surface area contributed by atoms with Gasteiger partial charge < -0.3 is 14.2 Å². The summed E-state index contributed by atoms with van der Waals surface area (Å²) in [6.07, 6.45) is 1.77. The lowest BCUT2D eigenvalue weighted by molar-refractivity contribution is 0.112. The second-order valence-electron chi connectivity index (χ2n) is 6.12. The molecule has 1 atom stereocenters. The standard InChI is InChI=1S/C20H23NO4/c1-23-18-10-16(14-22)11-19(24-2)20(18)25-17-8-9-21(13-17)12-15-6-4-3-5-7-15/h3-7,10-11,14,17H,8-9,12-13H2,1-2H3/t17-/m1/s1. The molecule has 1 heterocycles. The van der Waals surface area contributed by atoms with Crippen molar-refractivity contribution in [2.75, 3.05) is 27.3 Å². The molecule has 1 saturated heterocycles. The largest absolute Gasteiger partial charge is 0.493 e. The molecule has 0 saturated carbocycles. The lowest BCUT2D eigenvalue weighted by Gasteiger charge is -2.20. The van der Waals surface area contributed by atoms with E-state index in [1.165, 1.54) is 5.56 Å². The van der Waals surface area contributed by atoms with Crippen LogP contribution in [0.1, 0.15) is 22.3 Å². The molecule has 0 aliphatic carbocycles. The summed E-state index contributed by atoms with van der Waals surface area (Å²) in [5.41, 5.74) is 1.80. The molecule has 0 N–H and O–H groups in total. The number of carbonyl (C=O) groups is 1. The van der Waals surface area contributed by atoms with E-state index in [1.54, 1.807) is 26.4 Å². The molecular formula is C20H23NO4. The molecule has 0 radical (unpaired) electrons. The van der Waals surface area contributed by atoms with Crippen molar-refractivity contribution in [1.29, 1.82) is 0 Å². The summed E-state index contributed by atoms with van der Waals surface area (Å²) in [7, 11) is 3.12. The molecule has 0 spiro atoms. The molecule has 0 bridgehead atoms. The van der Waals surface area contributed by atoms with Crippen LogP contribution in [-0.2, 0) is 6.54 Å². The van der Waals surface area contributed by atoms with Gasteiger partial charge in [0.2, 0.25) is 5.75 Å². The number of hydrogen-bond acceptors (Lipinski definition) is 5. The number of nitrogens with zero attached hydrogens (tertiary/aromatic N) is 1. The van der Waals surface area contributed by atoms with Crippen LogP contribution in [0.25, 0.3) is 0 Å². The fourth-order valence-electron chi connectivity index (χ4n) is 3.13. The minimum absolute atomic E-state index is 0.0635. The predicted molar refractivity (Wildman–Crippen MR) is 95.7 cm³/mol. The Morgan fingerprint density at radius 2 is 1.80 bits per heavy atom. The van der Waals surface area contributed by atoms with Crippen LogP contribution < -0.4 is 14.2 Å². The van der Waals surface area contributed by atoms with Gasteiger partial charge in [-0.05, 0) is 24.1 Å². The van der Waals surface area contributed by atoms with Crippen molar-refractivity contribution in [3.63, 3.8) is 0 Å². The maximum atomic E-state index is 11.1. The summed E-state index contributed by atoms with van der Waals surface area (Å²) in [5.74, 6) is 1.59. The van der Waals surface area contributed by atoms with Gasteiger partial charge in [0.05, 0.1) is 14.2 Å². The molecule has 1 aliphatic rings. The Balaban J connectivity index is 1.70. The highest BCUT2D eigenvalue weighted by atomic mass is 16.5. The Kier molecular flexibility index (Phi) is 5.56. The average Bonchev–Trinajstić information content (AvgIpc) is 3.09. The van der Waals surface area contributed by atoms with Gasteiger partial charge in [0.15, 0.2) is 11.5 Å². The summed E-state index contributed by atoms with van der Waals surface area (Å²) < 4.78 is 17.0. The monoisotopic (exact) mass is 341 g/mol. The van der Waals surface area contributed by atoms with E-state index in [2.05, 4.69) is 29.2 Å². The van der Waals surface area contributed by atoms with E-state index in [0.29, 0.717) is 22.8 Å². The Morgan fingerprint density at radius 3 is 2.40 bits per heavy atom. The Labute approximate surface area is 148 Å². The first kappa shape index (κ1) is 17.3. The molecule has 25 heavy (non-hydrogen) atoms. The Bertz CT molecular complexity index is 692. The zero-order chi connectivity index (χ0) is 17.6. The first-order valence-corrected chi connectivity index (χ1v) is 8.37. The number of likely N-dealkylation sites (tertiary alicyclic amines) is 1. The molecule has 5 nitrogen and oxygen atoms in total. The normalized spacial score (nSPS) is 17.3.